The SMILES string of the molecule is CCc1nn(C)cc1NCc1cc(C(=O)O)co1. The van der Waals surface area contributed by atoms with Crippen molar-refractivity contribution in [1.29, 1.82) is 0 Å². The van der Waals surface area contributed by atoms with Crippen LogP contribution in [0.5, 0.6) is 0 Å². The summed E-state index contributed by atoms with van der Waals surface area (Å²) in [5.74, 6) is -0.404. The fourth-order valence-electron chi connectivity index (χ4n) is 1.71. The minimum Gasteiger partial charge on any atom is -0.478 e. The molecule has 6 heteroatoms. The number of carboxylic acids is 1. The van der Waals surface area contributed by atoms with Gasteiger partial charge in [0.1, 0.15) is 12.0 Å². The largest absolute Gasteiger partial charge is 0.478 e. The standard InChI is InChI=1S/C12H15N3O3/c1-3-10-11(6-15(2)14-10)13-5-9-4-8(7-18-9)12(16)17/h4,6-7,13H,3,5H2,1-2H3,(H,16,17). The Morgan fingerprint density at radius 2 is 2.39 bits per heavy atom. The highest BCUT2D eigenvalue weighted by atomic mass is 16.4. The molecule has 2 rings (SSSR count). The summed E-state index contributed by atoms with van der Waals surface area (Å²) in [6, 6.07) is 1.51. The molecule has 0 aromatic carbocycles. The van der Waals surface area contributed by atoms with Crippen molar-refractivity contribution in [3.63, 3.8) is 0 Å². The average molecular weight is 249 g/mol. The van der Waals surface area contributed by atoms with Gasteiger partial charge >= 0.3 is 5.97 Å². The van der Waals surface area contributed by atoms with Crippen molar-refractivity contribution >= 4 is 11.7 Å². The Morgan fingerprint density at radius 3 is 3.00 bits per heavy atom. The number of aromatic carboxylic acids is 1. The number of rotatable bonds is 5. The van der Waals surface area contributed by atoms with Crippen molar-refractivity contribution in [2.75, 3.05) is 5.32 Å². The molecule has 0 saturated heterocycles. The number of hydrogen-bond donors (Lipinski definition) is 2. The van der Waals surface area contributed by atoms with Gasteiger partial charge in [-0.1, -0.05) is 6.92 Å². The highest BCUT2D eigenvalue weighted by molar-refractivity contribution is 5.87. The van der Waals surface area contributed by atoms with Crippen molar-refractivity contribution in [3.05, 3.63) is 35.5 Å². The van der Waals surface area contributed by atoms with Crippen LogP contribution >= 0.6 is 0 Å². The van der Waals surface area contributed by atoms with Crippen LogP contribution in [0.4, 0.5) is 5.69 Å². The molecule has 96 valence electrons. The summed E-state index contributed by atoms with van der Waals surface area (Å²) in [4.78, 5) is 10.7. The van der Waals surface area contributed by atoms with Crippen LogP contribution in [-0.4, -0.2) is 20.9 Å². The van der Waals surface area contributed by atoms with Gasteiger partial charge in [-0.3, -0.25) is 4.68 Å². The van der Waals surface area contributed by atoms with E-state index in [4.69, 9.17) is 9.52 Å². The van der Waals surface area contributed by atoms with Gasteiger partial charge < -0.3 is 14.8 Å². The van der Waals surface area contributed by atoms with Crippen LogP contribution in [0.15, 0.2) is 22.9 Å². The molecule has 2 N–H and O–H groups in total. The van der Waals surface area contributed by atoms with E-state index in [-0.39, 0.29) is 5.56 Å². The number of anilines is 1. The molecule has 2 aromatic heterocycles. The highest BCUT2D eigenvalue weighted by Crippen LogP contribution is 2.16. The van der Waals surface area contributed by atoms with Crippen LogP contribution in [0.3, 0.4) is 0 Å². The molecule has 0 radical (unpaired) electrons. The third-order valence-corrected chi connectivity index (χ3v) is 2.59. The summed E-state index contributed by atoms with van der Waals surface area (Å²) in [6.45, 7) is 2.47. The molecule has 0 unspecified atom stereocenters. The zero-order chi connectivity index (χ0) is 13.1. The number of hydrogen-bond acceptors (Lipinski definition) is 4. The number of aromatic nitrogens is 2. The zero-order valence-electron chi connectivity index (χ0n) is 10.3. The highest BCUT2D eigenvalue weighted by Gasteiger charge is 2.09. The number of carbonyl (C=O) groups is 1. The summed E-state index contributed by atoms with van der Waals surface area (Å²) in [7, 11) is 1.86. The Bertz CT molecular complexity index is 557. The molecule has 0 spiro atoms. The number of furan rings is 1. The lowest BCUT2D eigenvalue weighted by Crippen LogP contribution is -2.00. The lowest BCUT2D eigenvalue weighted by molar-refractivity contribution is 0.0696. The minimum atomic E-state index is -0.986. The molecule has 0 aliphatic carbocycles. The molecule has 0 fully saturated rings. The van der Waals surface area contributed by atoms with E-state index in [9.17, 15) is 4.79 Å². The number of nitrogens with one attached hydrogen (secondary N) is 1. The maximum atomic E-state index is 10.7. The number of nitrogens with zero attached hydrogens (tertiary/aromatic N) is 2. The fourth-order valence-corrected chi connectivity index (χ4v) is 1.71. The molecular formula is C12H15N3O3. The van der Waals surface area contributed by atoms with Crippen molar-refractivity contribution in [2.24, 2.45) is 7.05 Å². The van der Waals surface area contributed by atoms with E-state index < -0.39 is 5.97 Å². The van der Waals surface area contributed by atoms with Crippen LogP contribution in [0, 0.1) is 0 Å². The molecule has 0 saturated carbocycles. The molecule has 2 heterocycles. The first kappa shape index (κ1) is 12.2. The van der Waals surface area contributed by atoms with Gasteiger partial charge in [-0.2, -0.15) is 5.10 Å². The van der Waals surface area contributed by atoms with Gasteiger partial charge in [-0.25, -0.2) is 4.79 Å². The molecule has 18 heavy (non-hydrogen) atoms. The Labute approximate surface area is 104 Å². The molecule has 6 nitrogen and oxygen atoms in total. The van der Waals surface area contributed by atoms with E-state index >= 15 is 0 Å². The predicted octanol–water partition coefficient (Wildman–Crippen LogP) is 1.89. The van der Waals surface area contributed by atoms with Gasteiger partial charge in [0.25, 0.3) is 0 Å². The van der Waals surface area contributed by atoms with Crippen LogP contribution in [0.1, 0.15) is 28.7 Å². The van der Waals surface area contributed by atoms with Gasteiger partial charge in [0, 0.05) is 13.2 Å². The first-order valence-electron chi connectivity index (χ1n) is 5.67. The number of aryl methyl sites for hydroxylation is 2. The van der Waals surface area contributed by atoms with Crippen LogP contribution < -0.4 is 5.32 Å². The topological polar surface area (TPSA) is 80.3 Å². The van der Waals surface area contributed by atoms with E-state index in [0.29, 0.717) is 12.3 Å². The second-order valence-electron chi connectivity index (χ2n) is 3.98. The average Bonchev–Trinajstić information content (AvgIpc) is 2.92. The lowest BCUT2D eigenvalue weighted by atomic mass is 10.3. The number of carboxylic acid groups (broad SMARTS) is 1. The molecule has 2 aromatic rings. The summed E-state index contributed by atoms with van der Waals surface area (Å²) in [5, 5.41) is 16.3. The van der Waals surface area contributed by atoms with Gasteiger partial charge in [0.15, 0.2) is 0 Å². The fraction of sp³-hybridized carbons (Fsp3) is 0.333. The van der Waals surface area contributed by atoms with E-state index in [1.807, 2.05) is 20.2 Å². The van der Waals surface area contributed by atoms with Gasteiger partial charge in [-0.05, 0) is 12.5 Å². The molecule has 0 amide bonds. The van der Waals surface area contributed by atoms with Gasteiger partial charge in [-0.15, -0.1) is 0 Å². The first-order chi connectivity index (χ1) is 8.60. The Kier molecular flexibility index (Phi) is 3.36. The first-order valence-corrected chi connectivity index (χ1v) is 5.67. The summed E-state index contributed by atoms with van der Waals surface area (Å²) in [6.07, 6.45) is 3.96. The third-order valence-electron chi connectivity index (χ3n) is 2.59. The van der Waals surface area contributed by atoms with Gasteiger partial charge in [0.2, 0.25) is 0 Å². The molecule has 0 bridgehead atoms. The monoisotopic (exact) mass is 249 g/mol. The van der Waals surface area contributed by atoms with Crippen molar-refractivity contribution in [1.82, 2.24) is 9.78 Å². The zero-order valence-corrected chi connectivity index (χ0v) is 10.3. The Balaban J connectivity index is 2.04. The molecule has 0 aliphatic heterocycles. The summed E-state index contributed by atoms with van der Waals surface area (Å²) in [5.41, 5.74) is 2.07. The quantitative estimate of drug-likeness (QED) is 0.845. The second-order valence-corrected chi connectivity index (χ2v) is 3.98. The normalized spacial score (nSPS) is 10.6. The van der Waals surface area contributed by atoms with Crippen LogP contribution in [0.2, 0.25) is 0 Å². The van der Waals surface area contributed by atoms with Crippen molar-refractivity contribution < 1.29 is 14.3 Å². The maximum absolute atomic E-state index is 10.7. The lowest BCUT2D eigenvalue weighted by Gasteiger charge is -2.02. The predicted molar refractivity (Wildman–Crippen MR) is 65.6 cm³/mol. The maximum Gasteiger partial charge on any atom is 0.338 e. The van der Waals surface area contributed by atoms with E-state index in [1.165, 1.54) is 12.3 Å². The third kappa shape index (κ3) is 2.53. The Morgan fingerprint density at radius 1 is 1.61 bits per heavy atom. The van der Waals surface area contributed by atoms with E-state index in [2.05, 4.69) is 10.4 Å². The smallest absolute Gasteiger partial charge is 0.338 e. The van der Waals surface area contributed by atoms with Crippen LogP contribution in [0.25, 0.3) is 0 Å². The van der Waals surface area contributed by atoms with Crippen LogP contribution in [-0.2, 0) is 20.0 Å². The summed E-state index contributed by atoms with van der Waals surface area (Å²) < 4.78 is 6.90. The van der Waals surface area contributed by atoms with Crippen molar-refractivity contribution in [2.45, 2.75) is 19.9 Å². The van der Waals surface area contributed by atoms with E-state index in [1.54, 1.807) is 4.68 Å². The Hall–Kier alpha value is -2.24. The summed E-state index contributed by atoms with van der Waals surface area (Å²) >= 11 is 0. The van der Waals surface area contributed by atoms with Crippen molar-refractivity contribution in [3.8, 4) is 0 Å². The van der Waals surface area contributed by atoms with Gasteiger partial charge in [0.05, 0.1) is 23.5 Å². The molecule has 0 atom stereocenters. The van der Waals surface area contributed by atoms with E-state index in [0.717, 1.165) is 17.8 Å². The second kappa shape index (κ2) is 4.95. The molecule has 0 aliphatic rings. The molecular weight excluding hydrogens is 234 g/mol. The minimum absolute atomic E-state index is 0.161.